The first kappa shape index (κ1) is 14.0. The molecule has 0 bridgehead atoms. The summed E-state index contributed by atoms with van der Waals surface area (Å²) >= 11 is 1.53. The number of aromatic carboxylic acids is 1. The number of benzene rings is 1. The molecular formula is C15H13F2NO2S. The highest BCUT2D eigenvalue weighted by Gasteiger charge is 2.33. The summed E-state index contributed by atoms with van der Waals surface area (Å²) in [6.07, 6.45) is 1.79. The van der Waals surface area contributed by atoms with Crippen LogP contribution in [0, 0.1) is 11.6 Å². The van der Waals surface area contributed by atoms with Crippen LogP contribution in [-0.4, -0.2) is 17.1 Å². The van der Waals surface area contributed by atoms with Gasteiger partial charge >= 0.3 is 5.97 Å². The van der Waals surface area contributed by atoms with Gasteiger partial charge < -0.3 is 10.0 Å². The van der Waals surface area contributed by atoms with E-state index in [-0.39, 0.29) is 17.3 Å². The van der Waals surface area contributed by atoms with E-state index >= 15 is 0 Å². The van der Waals surface area contributed by atoms with Gasteiger partial charge in [-0.2, -0.15) is 11.3 Å². The van der Waals surface area contributed by atoms with Gasteiger partial charge in [0.25, 0.3) is 0 Å². The second kappa shape index (κ2) is 5.44. The molecule has 1 aliphatic carbocycles. The number of thiophene rings is 1. The lowest BCUT2D eigenvalue weighted by Gasteiger charge is -2.25. The van der Waals surface area contributed by atoms with Gasteiger partial charge in [0.2, 0.25) is 0 Å². The van der Waals surface area contributed by atoms with Gasteiger partial charge in [-0.1, -0.05) is 0 Å². The Bertz CT molecular complexity index is 645. The van der Waals surface area contributed by atoms with Crippen LogP contribution < -0.4 is 4.90 Å². The third-order valence-electron chi connectivity index (χ3n) is 3.47. The van der Waals surface area contributed by atoms with Crippen molar-refractivity contribution >= 4 is 23.0 Å². The summed E-state index contributed by atoms with van der Waals surface area (Å²) < 4.78 is 28.4. The first-order chi connectivity index (χ1) is 10.1. The van der Waals surface area contributed by atoms with Crippen molar-refractivity contribution < 1.29 is 18.7 Å². The molecule has 3 nitrogen and oxygen atoms in total. The molecule has 110 valence electrons. The minimum atomic E-state index is -1.34. The molecule has 0 unspecified atom stereocenters. The van der Waals surface area contributed by atoms with Crippen molar-refractivity contribution in [3.8, 4) is 0 Å². The van der Waals surface area contributed by atoms with Crippen LogP contribution in [0.3, 0.4) is 0 Å². The molecule has 1 saturated carbocycles. The molecule has 0 atom stereocenters. The molecule has 0 saturated heterocycles. The Morgan fingerprint density at radius 2 is 2.00 bits per heavy atom. The van der Waals surface area contributed by atoms with E-state index in [1.54, 1.807) is 4.90 Å². The maximum Gasteiger partial charge on any atom is 0.335 e. The maximum absolute atomic E-state index is 14.2. The SMILES string of the molecule is O=C(O)c1cc(F)c(N(Cc2ccsc2)C2CC2)c(F)c1. The number of hydrogen-bond donors (Lipinski definition) is 1. The summed E-state index contributed by atoms with van der Waals surface area (Å²) in [7, 11) is 0. The summed E-state index contributed by atoms with van der Waals surface area (Å²) in [5, 5.41) is 12.7. The van der Waals surface area contributed by atoms with E-state index in [9.17, 15) is 13.6 Å². The van der Waals surface area contributed by atoms with Crippen molar-refractivity contribution in [1.82, 2.24) is 0 Å². The van der Waals surface area contributed by atoms with Crippen molar-refractivity contribution in [2.45, 2.75) is 25.4 Å². The van der Waals surface area contributed by atoms with Gasteiger partial charge in [0.1, 0.15) is 17.3 Å². The van der Waals surface area contributed by atoms with E-state index < -0.39 is 17.6 Å². The fourth-order valence-electron chi connectivity index (χ4n) is 2.32. The number of nitrogens with zero attached hydrogens (tertiary/aromatic N) is 1. The zero-order valence-electron chi connectivity index (χ0n) is 11.1. The lowest BCUT2D eigenvalue weighted by molar-refractivity contribution is 0.0695. The van der Waals surface area contributed by atoms with Crippen LogP contribution in [0.5, 0.6) is 0 Å². The average Bonchev–Trinajstić information content (AvgIpc) is 3.14. The number of rotatable bonds is 5. The molecule has 0 amide bonds. The molecule has 21 heavy (non-hydrogen) atoms. The molecule has 1 heterocycles. The smallest absolute Gasteiger partial charge is 0.335 e. The molecule has 0 spiro atoms. The number of carbonyl (C=O) groups is 1. The van der Waals surface area contributed by atoms with E-state index in [4.69, 9.17) is 5.11 Å². The van der Waals surface area contributed by atoms with Crippen LogP contribution in [-0.2, 0) is 6.54 Å². The van der Waals surface area contributed by atoms with E-state index in [0.717, 1.165) is 30.5 Å². The summed E-state index contributed by atoms with van der Waals surface area (Å²) in [6, 6.07) is 3.79. The molecular weight excluding hydrogens is 296 g/mol. The lowest BCUT2D eigenvalue weighted by Crippen LogP contribution is -2.27. The Kier molecular flexibility index (Phi) is 3.63. The minimum Gasteiger partial charge on any atom is -0.478 e. The zero-order valence-corrected chi connectivity index (χ0v) is 11.9. The monoisotopic (exact) mass is 309 g/mol. The molecule has 1 aromatic heterocycles. The van der Waals surface area contributed by atoms with Gasteiger partial charge in [-0.05, 0) is 47.4 Å². The summed E-state index contributed by atoms with van der Waals surface area (Å²) in [4.78, 5) is 12.5. The molecule has 1 aliphatic rings. The molecule has 1 N–H and O–H groups in total. The van der Waals surface area contributed by atoms with Crippen molar-refractivity contribution in [3.05, 3.63) is 51.7 Å². The van der Waals surface area contributed by atoms with Gasteiger partial charge in [-0.25, -0.2) is 13.6 Å². The van der Waals surface area contributed by atoms with Crippen LogP contribution >= 0.6 is 11.3 Å². The van der Waals surface area contributed by atoms with Crippen molar-refractivity contribution in [1.29, 1.82) is 0 Å². The molecule has 1 fully saturated rings. The fraction of sp³-hybridized carbons (Fsp3) is 0.267. The highest BCUT2D eigenvalue weighted by atomic mass is 32.1. The predicted molar refractivity (Wildman–Crippen MR) is 76.8 cm³/mol. The predicted octanol–water partition coefficient (Wildman–Crippen LogP) is 3.89. The Balaban J connectivity index is 1.97. The largest absolute Gasteiger partial charge is 0.478 e. The normalized spacial score (nSPS) is 14.2. The molecule has 0 radical (unpaired) electrons. The van der Waals surface area contributed by atoms with Crippen LogP contribution in [0.4, 0.5) is 14.5 Å². The van der Waals surface area contributed by atoms with E-state index in [2.05, 4.69) is 0 Å². The standard InChI is InChI=1S/C15H13F2NO2S/c16-12-5-10(15(19)20)6-13(17)14(12)18(11-1-2-11)7-9-3-4-21-8-9/h3-6,8,11H,1-2,7H2,(H,19,20). The zero-order chi connectivity index (χ0) is 15.0. The third-order valence-corrected chi connectivity index (χ3v) is 4.20. The molecule has 1 aromatic carbocycles. The molecule has 2 aromatic rings. The van der Waals surface area contributed by atoms with Crippen molar-refractivity contribution in [2.24, 2.45) is 0 Å². The quantitative estimate of drug-likeness (QED) is 0.911. The van der Waals surface area contributed by atoms with Crippen LogP contribution in [0.15, 0.2) is 29.0 Å². The maximum atomic E-state index is 14.2. The van der Waals surface area contributed by atoms with Gasteiger partial charge in [0.15, 0.2) is 0 Å². The average molecular weight is 309 g/mol. The number of hydrogen-bond acceptors (Lipinski definition) is 3. The minimum absolute atomic E-state index is 0.115. The summed E-state index contributed by atoms with van der Waals surface area (Å²) in [5.74, 6) is -2.99. The molecule has 0 aliphatic heterocycles. The number of carboxylic acid groups (broad SMARTS) is 1. The van der Waals surface area contributed by atoms with Crippen LogP contribution in [0.2, 0.25) is 0 Å². The number of carboxylic acids is 1. The fourth-order valence-corrected chi connectivity index (χ4v) is 2.98. The Morgan fingerprint density at radius 3 is 2.48 bits per heavy atom. The Labute approximate surface area is 124 Å². The van der Waals surface area contributed by atoms with E-state index in [0.29, 0.717) is 6.54 Å². The molecule has 6 heteroatoms. The van der Waals surface area contributed by atoms with Gasteiger partial charge in [0.05, 0.1) is 5.56 Å². The first-order valence-electron chi connectivity index (χ1n) is 6.56. The first-order valence-corrected chi connectivity index (χ1v) is 7.50. The second-order valence-electron chi connectivity index (χ2n) is 5.08. The summed E-state index contributed by atoms with van der Waals surface area (Å²) in [5.41, 5.74) is 0.488. The van der Waals surface area contributed by atoms with Crippen LogP contribution in [0.25, 0.3) is 0 Å². The third kappa shape index (κ3) is 2.90. The number of anilines is 1. The van der Waals surface area contributed by atoms with E-state index in [1.807, 2.05) is 16.8 Å². The molecule has 3 rings (SSSR count). The van der Waals surface area contributed by atoms with Gasteiger partial charge in [0, 0.05) is 12.6 Å². The van der Waals surface area contributed by atoms with Gasteiger partial charge in [-0.15, -0.1) is 0 Å². The Hall–Kier alpha value is -1.95. The second-order valence-corrected chi connectivity index (χ2v) is 5.86. The van der Waals surface area contributed by atoms with E-state index in [1.165, 1.54) is 11.3 Å². The lowest BCUT2D eigenvalue weighted by atomic mass is 10.1. The summed E-state index contributed by atoms with van der Waals surface area (Å²) in [6.45, 7) is 0.425. The highest BCUT2D eigenvalue weighted by Crippen LogP contribution is 2.36. The van der Waals surface area contributed by atoms with Crippen molar-refractivity contribution in [3.63, 3.8) is 0 Å². The Morgan fingerprint density at radius 1 is 1.33 bits per heavy atom. The number of halogens is 2. The van der Waals surface area contributed by atoms with Crippen LogP contribution in [0.1, 0.15) is 28.8 Å². The topological polar surface area (TPSA) is 40.5 Å². The van der Waals surface area contributed by atoms with Gasteiger partial charge in [-0.3, -0.25) is 0 Å². The van der Waals surface area contributed by atoms with Crippen molar-refractivity contribution in [2.75, 3.05) is 4.90 Å². The highest BCUT2D eigenvalue weighted by molar-refractivity contribution is 7.07.